The zero-order valence-corrected chi connectivity index (χ0v) is 19.6. The molecule has 0 saturated carbocycles. The van der Waals surface area contributed by atoms with Crippen LogP contribution in [-0.4, -0.2) is 60.2 Å². The van der Waals surface area contributed by atoms with Crippen LogP contribution in [0.3, 0.4) is 0 Å². The quantitative estimate of drug-likeness (QED) is 0.564. The monoisotopic (exact) mass is 478 g/mol. The molecule has 1 fully saturated rings. The molecule has 0 spiro atoms. The Labute approximate surface area is 202 Å². The van der Waals surface area contributed by atoms with Gasteiger partial charge in [0.25, 0.3) is 11.8 Å². The number of anilines is 2. The van der Waals surface area contributed by atoms with Gasteiger partial charge in [-0.1, -0.05) is 12.1 Å². The number of halogens is 1. The molecule has 0 radical (unpaired) electrons. The van der Waals surface area contributed by atoms with Crippen molar-refractivity contribution in [2.75, 3.05) is 43.4 Å². The number of nitrogens with one attached hydrogen (secondary N) is 2. The molecular formula is C26H27FN4O4. The lowest BCUT2D eigenvalue weighted by molar-refractivity contribution is -0.117. The Hall–Kier alpha value is -3.98. The molecule has 1 aromatic heterocycles. The van der Waals surface area contributed by atoms with Gasteiger partial charge in [0.2, 0.25) is 5.91 Å². The maximum Gasteiger partial charge on any atom is 0.257 e. The second kappa shape index (κ2) is 10.5. The lowest BCUT2D eigenvalue weighted by Crippen LogP contribution is -2.50. The summed E-state index contributed by atoms with van der Waals surface area (Å²) in [6, 6.07) is 13.9. The van der Waals surface area contributed by atoms with Crippen LogP contribution in [0.4, 0.5) is 15.8 Å². The number of amides is 3. The third-order valence-electron chi connectivity index (χ3n) is 5.85. The van der Waals surface area contributed by atoms with Gasteiger partial charge in [-0.05, 0) is 56.3 Å². The highest BCUT2D eigenvalue weighted by atomic mass is 19.1. The van der Waals surface area contributed by atoms with Crippen molar-refractivity contribution in [2.45, 2.75) is 13.8 Å². The van der Waals surface area contributed by atoms with Crippen LogP contribution in [0.5, 0.6) is 0 Å². The summed E-state index contributed by atoms with van der Waals surface area (Å²) in [6.07, 6.45) is 0. The van der Waals surface area contributed by atoms with Gasteiger partial charge in [0.15, 0.2) is 0 Å². The smallest absolute Gasteiger partial charge is 0.257 e. The van der Waals surface area contributed by atoms with E-state index >= 15 is 0 Å². The van der Waals surface area contributed by atoms with Gasteiger partial charge in [-0.3, -0.25) is 19.3 Å². The topological polar surface area (TPSA) is 94.9 Å². The first-order chi connectivity index (χ1) is 16.8. The minimum absolute atomic E-state index is 0.0652. The van der Waals surface area contributed by atoms with Crippen LogP contribution >= 0.6 is 0 Å². The van der Waals surface area contributed by atoms with Crippen LogP contribution in [0.15, 0.2) is 59.0 Å². The molecule has 0 atom stereocenters. The highest BCUT2D eigenvalue weighted by Gasteiger charge is 2.26. The summed E-state index contributed by atoms with van der Waals surface area (Å²) in [6.45, 7) is 5.85. The number of para-hydroxylation sites is 1. The third-order valence-corrected chi connectivity index (χ3v) is 5.85. The number of carbonyl (C=O) groups excluding carboxylic acids is 3. The van der Waals surface area contributed by atoms with Gasteiger partial charge in [-0.25, -0.2) is 4.39 Å². The number of rotatable bonds is 6. The SMILES string of the molecule is Cc1cc(C(=O)N2CCN(CC(=O)Nc3ccccc3C(=O)Nc3ccc(F)cc3)CC2)c(C)o1. The minimum Gasteiger partial charge on any atom is -0.466 e. The van der Waals surface area contributed by atoms with E-state index in [-0.39, 0.29) is 18.4 Å². The number of benzene rings is 2. The van der Waals surface area contributed by atoms with Gasteiger partial charge in [0, 0.05) is 31.9 Å². The van der Waals surface area contributed by atoms with E-state index in [4.69, 9.17) is 4.42 Å². The number of aryl methyl sites for hydroxylation is 2. The van der Waals surface area contributed by atoms with Crippen molar-refractivity contribution in [3.63, 3.8) is 0 Å². The van der Waals surface area contributed by atoms with E-state index in [0.29, 0.717) is 60.2 Å². The van der Waals surface area contributed by atoms with Crippen LogP contribution in [0.1, 0.15) is 32.2 Å². The summed E-state index contributed by atoms with van der Waals surface area (Å²) in [7, 11) is 0. The van der Waals surface area contributed by atoms with Crippen molar-refractivity contribution in [1.29, 1.82) is 0 Å². The van der Waals surface area contributed by atoms with Crippen molar-refractivity contribution in [2.24, 2.45) is 0 Å². The number of hydrogen-bond donors (Lipinski definition) is 2. The average Bonchev–Trinajstić information content (AvgIpc) is 3.18. The van der Waals surface area contributed by atoms with Crippen molar-refractivity contribution in [3.05, 3.63) is 83.1 Å². The van der Waals surface area contributed by atoms with Gasteiger partial charge in [-0.2, -0.15) is 0 Å². The van der Waals surface area contributed by atoms with Crippen LogP contribution in [0.2, 0.25) is 0 Å². The lowest BCUT2D eigenvalue weighted by Gasteiger charge is -2.34. The van der Waals surface area contributed by atoms with Gasteiger partial charge in [-0.15, -0.1) is 0 Å². The van der Waals surface area contributed by atoms with Gasteiger partial charge in [0.05, 0.1) is 23.4 Å². The summed E-state index contributed by atoms with van der Waals surface area (Å²) < 4.78 is 18.6. The van der Waals surface area contributed by atoms with E-state index in [1.165, 1.54) is 24.3 Å². The standard InChI is InChI=1S/C26H27FN4O4/c1-17-15-22(18(2)35-17)26(34)31-13-11-30(12-14-31)16-24(32)29-23-6-4-3-5-21(23)25(33)28-20-9-7-19(27)8-10-20/h3-10,15H,11-14,16H2,1-2H3,(H,28,33)(H,29,32). The zero-order chi connectivity index (χ0) is 24.9. The molecular weight excluding hydrogens is 451 g/mol. The van der Waals surface area contributed by atoms with Crippen molar-refractivity contribution < 1.29 is 23.2 Å². The van der Waals surface area contributed by atoms with Gasteiger partial charge in [0.1, 0.15) is 17.3 Å². The predicted molar refractivity (Wildman–Crippen MR) is 130 cm³/mol. The number of nitrogens with zero attached hydrogens (tertiary/aromatic N) is 2. The predicted octanol–water partition coefficient (Wildman–Crippen LogP) is 3.68. The first-order valence-electron chi connectivity index (χ1n) is 11.3. The Morgan fingerprint density at radius 2 is 1.60 bits per heavy atom. The summed E-state index contributed by atoms with van der Waals surface area (Å²) in [4.78, 5) is 41.9. The van der Waals surface area contributed by atoms with Crippen molar-refractivity contribution in [3.8, 4) is 0 Å². The molecule has 3 amide bonds. The maximum atomic E-state index is 13.1. The summed E-state index contributed by atoms with van der Waals surface area (Å²) in [5.41, 5.74) is 1.71. The molecule has 4 rings (SSSR count). The highest BCUT2D eigenvalue weighted by Crippen LogP contribution is 2.19. The van der Waals surface area contributed by atoms with E-state index < -0.39 is 11.7 Å². The molecule has 0 bridgehead atoms. The molecule has 3 aromatic rings. The number of hydrogen-bond acceptors (Lipinski definition) is 5. The second-order valence-corrected chi connectivity index (χ2v) is 8.45. The summed E-state index contributed by atoms with van der Waals surface area (Å²) in [5.74, 6) is 0.179. The Balaban J connectivity index is 1.31. The highest BCUT2D eigenvalue weighted by molar-refractivity contribution is 6.10. The Bertz CT molecular complexity index is 1230. The molecule has 2 N–H and O–H groups in total. The average molecular weight is 479 g/mol. The fourth-order valence-electron chi connectivity index (χ4n) is 4.04. The zero-order valence-electron chi connectivity index (χ0n) is 19.6. The molecule has 0 aliphatic carbocycles. The first kappa shape index (κ1) is 24.2. The van der Waals surface area contributed by atoms with Crippen LogP contribution in [0.25, 0.3) is 0 Å². The Kier molecular flexibility index (Phi) is 7.26. The summed E-state index contributed by atoms with van der Waals surface area (Å²) >= 11 is 0. The van der Waals surface area contributed by atoms with Crippen LogP contribution in [0, 0.1) is 19.7 Å². The fraction of sp³-hybridized carbons (Fsp3) is 0.269. The molecule has 35 heavy (non-hydrogen) atoms. The van der Waals surface area contributed by atoms with Crippen LogP contribution < -0.4 is 10.6 Å². The first-order valence-corrected chi connectivity index (χ1v) is 11.3. The Morgan fingerprint density at radius 1 is 0.914 bits per heavy atom. The molecule has 2 heterocycles. The number of carbonyl (C=O) groups is 3. The molecule has 1 saturated heterocycles. The largest absolute Gasteiger partial charge is 0.466 e. The normalized spacial score (nSPS) is 14.0. The van der Waals surface area contributed by atoms with E-state index in [2.05, 4.69) is 10.6 Å². The molecule has 2 aromatic carbocycles. The van der Waals surface area contributed by atoms with Gasteiger partial charge < -0.3 is 20.0 Å². The van der Waals surface area contributed by atoms with Gasteiger partial charge >= 0.3 is 0 Å². The Morgan fingerprint density at radius 3 is 2.26 bits per heavy atom. The van der Waals surface area contributed by atoms with Crippen molar-refractivity contribution >= 4 is 29.1 Å². The van der Waals surface area contributed by atoms with E-state index in [1.807, 2.05) is 11.8 Å². The molecule has 1 aliphatic rings. The molecule has 1 aliphatic heterocycles. The number of furan rings is 1. The molecule has 182 valence electrons. The maximum absolute atomic E-state index is 13.1. The number of piperazine rings is 1. The fourth-order valence-corrected chi connectivity index (χ4v) is 4.04. The minimum atomic E-state index is -0.413. The second-order valence-electron chi connectivity index (χ2n) is 8.45. The van der Waals surface area contributed by atoms with Crippen molar-refractivity contribution in [1.82, 2.24) is 9.80 Å². The van der Waals surface area contributed by atoms with E-state index in [1.54, 1.807) is 42.2 Å². The third kappa shape index (κ3) is 5.93. The molecule has 9 heteroatoms. The summed E-state index contributed by atoms with van der Waals surface area (Å²) in [5, 5.41) is 5.51. The lowest BCUT2D eigenvalue weighted by atomic mass is 10.1. The van der Waals surface area contributed by atoms with E-state index in [0.717, 1.165) is 0 Å². The van der Waals surface area contributed by atoms with Crippen LogP contribution in [-0.2, 0) is 4.79 Å². The van der Waals surface area contributed by atoms with E-state index in [9.17, 15) is 18.8 Å². The molecule has 0 unspecified atom stereocenters. The molecule has 8 nitrogen and oxygen atoms in total.